The van der Waals surface area contributed by atoms with E-state index < -0.39 is 0 Å². The van der Waals surface area contributed by atoms with Gasteiger partial charge in [0.05, 0.1) is 0 Å². The van der Waals surface area contributed by atoms with Crippen LogP contribution in [-0.2, 0) is 12.8 Å². The van der Waals surface area contributed by atoms with Crippen LogP contribution in [0.1, 0.15) is 50.3 Å². The number of fused-ring (bicyclic) bond motifs is 1. The molecule has 1 aliphatic carbocycles. The molecule has 22 heavy (non-hydrogen) atoms. The Hall–Kier alpha value is -1.82. The van der Waals surface area contributed by atoms with Crippen molar-refractivity contribution in [1.82, 2.24) is 0 Å². The second-order valence-corrected chi connectivity index (χ2v) is 6.86. The molecule has 0 saturated heterocycles. The summed E-state index contributed by atoms with van der Waals surface area (Å²) in [7, 11) is 0. The van der Waals surface area contributed by atoms with Gasteiger partial charge in [-0.15, -0.1) is 0 Å². The van der Waals surface area contributed by atoms with Gasteiger partial charge in [-0.3, -0.25) is 0 Å². The highest BCUT2D eigenvalue weighted by Crippen LogP contribution is 2.37. The summed E-state index contributed by atoms with van der Waals surface area (Å²) in [5.74, 6) is 0.684. The number of allylic oxidation sites excluding steroid dienone is 1. The molecule has 2 aromatic carbocycles. The normalized spacial score (nSPS) is 13.4. The zero-order chi connectivity index (χ0) is 15.5. The third-order valence-corrected chi connectivity index (χ3v) is 4.47. The van der Waals surface area contributed by atoms with Crippen LogP contribution < -0.4 is 0 Å². The van der Waals surface area contributed by atoms with Crippen LogP contribution in [0.5, 0.6) is 0 Å². The fraction of sp³-hybridized carbons (Fsp3) is 0.364. The van der Waals surface area contributed by atoms with E-state index in [1.807, 2.05) is 0 Å². The first-order chi connectivity index (χ1) is 10.7. The summed E-state index contributed by atoms with van der Waals surface area (Å²) < 4.78 is 0. The lowest BCUT2D eigenvalue weighted by atomic mass is 9.90. The van der Waals surface area contributed by atoms with Crippen molar-refractivity contribution >= 4 is 6.08 Å². The molecule has 0 radical (unpaired) electrons. The van der Waals surface area contributed by atoms with E-state index in [-0.39, 0.29) is 0 Å². The van der Waals surface area contributed by atoms with Crippen LogP contribution in [0.25, 0.3) is 17.2 Å². The maximum absolute atomic E-state index is 2.44. The van der Waals surface area contributed by atoms with Crippen LogP contribution in [0.4, 0.5) is 0 Å². The minimum Gasteiger partial charge on any atom is -0.0652 e. The van der Waals surface area contributed by atoms with Gasteiger partial charge < -0.3 is 0 Å². The first-order valence-corrected chi connectivity index (χ1v) is 8.58. The van der Waals surface area contributed by atoms with Crippen molar-refractivity contribution in [2.24, 2.45) is 5.92 Å². The summed E-state index contributed by atoms with van der Waals surface area (Å²) in [4.78, 5) is 0. The quantitative estimate of drug-likeness (QED) is 0.607. The lowest BCUT2D eigenvalue weighted by Crippen LogP contribution is -1.98. The third kappa shape index (κ3) is 3.02. The fourth-order valence-corrected chi connectivity index (χ4v) is 3.55. The largest absolute Gasteiger partial charge is 0.0652 e. The fourth-order valence-electron chi connectivity index (χ4n) is 3.55. The van der Waals surface area contributed by atoms with Crippen LogP contribution >= 0.6 is 0 Å². The van der Waals surface area contributed by atoms with Gasteiger partial charge in [-0.05, 0) is 53.0 Å². The molecule has 0 fully saturated rings. The van der Waals surface area contributed by atoms with Gasteiger partial charge in [0.1, 0.15) is 0 Å². The van der Waals surface area contributed by atoms with Crippen molar-refractivity contribution in [2.75, 3.05) is 0 Å². The monoisotopic (exact) mass is 290 g/mol. The van der Waals surface area contributed by atoms with Crippen LogP contribution in [-0.4, -0.2) is 0 Å². The smallest absolute Gasteiger partial charge is 0.00576 e. The minimum atomic E-state index is 0.684. The zero-order valence-electron chi connectivity index (χ0n) is 14.0. The van der Waals surface area contributed by atoms with Crippen LogP contribution in [0.3, 0.4) is 0 Å². The molecular formula is C22H26. The van der Waals surface area contributed by atoms with Gasteiger partial charge in [-0.1, -0.05) is 81.3 Å². The lowest BCUT2D eigenvalue weighted by Gasteiger charge is -2.14. The summed E-state index contributed by atoms with van der Waals surface area (Å²) in [6.45, 7) is 6.86. The summed E-state index contributed by atoms with van der Waals surface area (Å²) in [5, 5.41) is 0. The van der Waals surface area contributed by atoms with Crippen molar-refractivity contribution in [2.45, 2.75) is 46.5 Å². The highest BCUT2D eigenvalue weighted by atomic mass is 14.2. The van der Waals surface area contributed by atoms with Crippen molar-refractivity contribution in [1.29, 1.82) is 0 Å². The van der Waals surface area contributed by atoms with E-state index in [9.17, 15) is 0 Å². The summed E-state index contributed by atoms with van der Waals surface area (Å²) in [6.07, 6.45) is 7.19. The van der Waals surface area contributed by atoms with E-state index in [4.69, 9.17) is 0 Å². The summed E-state index contributed by atoms with van der Waals surface area (Å²) in [5.41, 5.74) is 8.86. The molecule has 0 unspecified atom stereocenters. The number of hydrogen-bond donors (Lipinski definition) is 0. The molecular weight excluding hydrogens is 264 g/mol. The Kier molecular flexibility index (Phi) is 4.47. The Morgan fingerprint density at radius 2 is 1.73 bits per heavy atom. The average molecular weight is 290 g/mol. The molecule has 0 aliphatic heterocycles. The molecule has 0 atom stereocenters. The van der Waals surface area contributed by atoms with Crippen molar-refractivity contribution < 1.29 is 0 Å². The molecule has 0 bridgehead atoms. The van der Waals surface area contributed by atoms with Crippen LogP contribution in [0.2, 0.25) is 0 Å². The summed E-state index contributed by atoms with van der Waals surface area (Å²) in [6, 6.07) is 15.7. The van der Waals surface area contributed by atoms with Gasteiger partial charge in [-0.25, -0.2) is 0 Å². The standard InChI is InChI=1S/C22H26/c1-4-8-17-14-19-10-7-12-21(22(19)15-17)20-11-6-5-9-18(20)13-16(2)3/h5-7,9-12,15-16H,4,8,13-14H2,1-3H3. The highest BCUT2D eigenvalue weighted by Gasteiger charge is 2.17. The second-order valence-electron chi connectivity index (χ2n) is 6.86. The topological polar surface area (TPSA) is 0 Å². The second kappa shape index (κ2) is 6.52. The third-order valence-electron chi connectivity index (χ3n) is 4.47. The van der Waals surface area contributed by atoms with Gasteiger partial charge in [0.25, 0.3) is 0 Å². The molecule has 0 N–H and O–H groups in total. The Morgan fingerprint density at radius 3 is 2.50 bits per heavy atom. The van der Waals surface area contributed by atoms with E-state index in [1.54, 1.807) is 5.57 Å². The minimum absolute atomic E-state index is 0.684. The van der Waals surface area contributed by atoms with E-state index in [1.165, 1.54) is 40.7 Å². The molecule has 114 valence electrons. The molecule has 0 nitrogen and oxygen atoms in total. The highest BCUT2D eigenvalue weighted by molar-refractivity contribution is 5.82. The predicted molar refractivity (Wildman–Crippen MR) is 97.0 cm³/mol. The Bertz CT molecular complexity index is 689. The maximum atomic E-state index is 2.44. The zero-order valence-corrected chi connectivity index (χ0v) is 14.0. The Balaban J connectivity index is 2.06. The number of hydrogen-bond acceptors (Lipinski definition) is 0. The molecule has 0 heterocycles. The van der Waals surface area contributed by atoms with Gasteiger partial charge >= 0.3 is 0 Å². The van der Waals surface area contributed by atoms with Crippen molar-refractivity contribution in [3.8, 4) is 11.1 Å². The van der Waals surface area contributed by atoms with Crippen LogP contribution in [0.15, 0.2) is 48.0 Å². The molecule has 0 spiro atoms. The van der Waals surface area contributed by atoms with Crippen molar-refractivity contribution in [3.63, 3.8) is 0 Å². The van der Waals surface area contributed by atoms with Crippen LogP contribution in [0, 0.1) is 5.92 Å². The van der Waals surface area contributed by atoms with Gasteiger partial charge in [0, 0.05) is 0 Å². The molecule has 1 aliphatic rings. The Labute approximate surface area is 134 Å². The first kappa shape index (κ1) is 15.1. The molecule has 2 aromatic rings. The molecule has 0 heteroatoms. The summed E-state index contributed by atoms with van der Waals surface area (Å²) >= 11 is 0. The average Bonchev–Trinajstić information content (AvgIpc) is 2.90. The SMILES string of the molecule is CCCC1=Cc2c(cccc2-c2ccccc2CC(C)C)C1. The Morgan fingerprint density at radius 1 is 0.955 bits per heavy atom. The van der Waals surface area contributed by atoms with E-state index in [2.05, 4.69) is 69.3 Å². The van der Waals surface area contributed by atoms with E-state index >= 15 is 0 Å². The maximum Gasteiger partial charge on any atom is -0.00576 e. The molecule has 0 saturated carbocycles. The van der Waals surface area contributed by atoms with Gasteiger partial charge in [0.2, 0.25) is 0 Å². The molecule has 0 aromatic heterocycles. The molecule has 0 amide bonds. The number of rotatable bonds is 5. The molecule has 3 rings (SSSR count). The van der Waals surface area contributed by atoms with Gasteiger partial charge in [0.15, 0.2) is 0 Å². The lowest BCUT2D eigenvalue weighted by molar-refractivity contribution is 0.648. The predicted octanol–water partition coefficient (Wildman–Crippen LogP) is 6.29. The number of benzene rings is 2. The van der Waals surface area contributed by atoms with E-state index in [0.717, 1.165) is 12.8 Å². The van der Waals surface area contributed by atoms with Crippen molar-refractivity contribution in [3.05, 3.63) is 64.7 Å². The first-order valence-electron chi connectivity index (χ1n) is 8.58. The van der Waals surface area contributed by atoms with Gasteiger partial charge in [-0.2, -0.15) is 0 Å². The van der Waals surface area contributed by atoms with E-state index in [0.29, 0.717) is 5.92 Å².